The van der Waals surface area contributed by atoms with Gasteiger partial charge in [0.2, 0.25) is 0 Å². The third-order valence-corrected chi connectivity index (χ3v) is 1.34. The van der Waals surface area contributed by atoms with Gasteiger partial charge in [-0.15, -0.1) is 0 Å². The summed E-state index contributed by atoms with van der Waals surface area (Å²) in [5.74, 6) is 0. The second-order valence-electron chi connectivity index (χ2n) is 2.07. The van der Waals surface area contributed by atoms with Crippen LogP contribution in [0.5, 0.6) is 0 Å². The molecular weight excluding hydrogens is 227 g/mol. The molecule has 0 N–H and O–H groups in total. The summed E-state index contributed by atoms with van der Waals surface area (Å²) in [4.78, 5) is 28.0. The minimum absolute atomic E-state index is 0. The van der Waals surface area contributed by atoms with Crippen molar-refractivity contribution in [1.82, 2.24) is 4.90 Å². The van der Waals surface area contributed by atoms with Gasteiger partial charge >= 0.3 is 59.1 Å². The molecule has 0 fully saturated rings. The quantitative estimate of drug-likeness (QED) is 0.362. The van der Waals surface area contributed by atoms with Gasteiger partial charge in [-0.05, 0) is 19.6 Å². The summed E-state index contributed by atoms with van der Waals surface area (Å²) in [6.07, 6.45) is 0. The smallest absolute Gasteiger partial charge is 0.822 e. The largest absolute Gasteiger partial charge is 1.00 e. The predicted molar refractivity (Wildman–Crippen MR) is 41.1 cm³/mol. The van der Waals surface area contributed by atoms with Crippen molar-refractivity contribution >= 4 is 7.82 Å². The van der Waals surface area contributed by atoms with Crippen LogP contribution in [0.1, 0.15) is 20.8 Å². The third-order valence-electron chi connectivity index (χ3n) is 1.34. The average Bonchev–Trinajstić information content (AvgIpc) is 1.88. The summed E-state index contributed by atoms with van der Waals surface area (Å²) < 4.78 is 8.55. The molecule has 0 amide bonds. The van der Waals surface area contributed by atoms with Crippen LogP contribution in [0.15, 0.2) is 0 Å². The maximum absolute atomic E-state index is 8.55. The van der Waals surface area contributed by atoms with Crippen LogP contribution in [0.3, 0.4) is 0 Å². The number of rotatable bonds is 3. The number of phosphoric acid groups is 1. The second-order valence-corrected chi connectivity index (χ2v) is 2.96. The van der Waals surface area contributed by atoms with E-state index in [0.717, 1.165) is 0 Å². The first-order valence-corrected chi connectivity index (χ1v) is 5.26. The number of hydrogen-bond donors (Lipinski definition) is 0. The maximum Gasteiger partial charge on any atom is 1.00 e. The minimum atomic E-state index is -5.39. The molecule has 0 saturated heterocycles. The Morgan fingerprint density at radius 3 is 1.07 bits per heavy atom. The van der Waals surface area contributed by atoms with Gasteiger partial charge in [-0.25, -0.2) is 0 Å². The van der Waals surface area contributed by atoms with Crippen LogP contribution in [0.2, 0.25) is 0 Å². The Bertz CT molecular complexity index is 126. The van der Waals surface area contributed by atoms with E-state index >= 15 is 0 Å². The normalized spacial score (nSPS) is 9.36. The van der Waals surface area contributed by atoms with Crippen molar-refractivity contribution < 1.29 is 78.4 Å². The van der Waals surface area contributed by atoms with Gasteiger partial charge in [-0.3, -0.25) is 0 Å². The summed E-state index contributed by atoms with van der Waals surface area (Å²) in [6.45, 7) is 10.1. The van der Waals surface area contributed by atoms with Gasteiger partial charge in [0.1, 0.15) is 0 Å². The van der Waals surface area contributed by atoms with Gasteiger partial charge in [0.15, 0.2) is 0 Å². The Labute approximate surface area is 130 Å². The Morgan fingerprint density at radius 1 is 0.929 bits per heavy atom. The molecule has 0 aliphatic rings. The average molecular weight is 242 g/mol. The van der Waals surface area contributed by atoms with Gasteiger partial charge < -0.3 is 24.1 Å². The molecule has 5 nitrogen and oxygen atoms in total. The first-order chi connectivity index (χ1) is 5.35. The standard InChI is InChI=1S/C6H15N.2Na.H3O4P/c1-4-7(5-2)6-3;;;1-5(2,3)4/h4-6H2,1-3H3;;;(H3,1,2,3,4)/q;2*+1;/p-3. The molecule has 14 heavy (non-hydrogen) atoms. The summed E-state index contributed by atoms with van der Waals surface area (Å²) >= 11 is 0. The SMILES string of the molecule is CCN(CC)CC.O=P([O-])([O-])[O-].[Na+].[Na+]. The van der Waals surface area contributed by atoms with Crippen molar-refractivity contribution in [3.8, 4) is 0 Å². The zero-order chi connectivity index (χ0) is 10.2. The van der Waals surface area contributed by atoms with Gasteiger partial charge in [-0.1, -0.05) is 20.8 Å². The fourth-order valence-electron chi connectivity index (χ4n) is 0.671. The van der Waals surface area contributed by atoms with Crippen molar-refractivity contribution in [1.29, 1.82) is 0 Å². The monoisotopic (exact) mass is 242 g/mol. The topological polar surface area (TPSA) is 89.5 Å². The van der Waals surface area contributed by atoms with Gasteiger partial charge in [-0.2, -0.15) is 7.82 Å². The van der Waals surface area contributed by atoms with Crippen LogP contribution in [-0.4, -0.2) is 24.5 Å². The Kier molecular flexibility index (Phi) is 27.0. The second kappa shape index (κ2) is 15.1. The van der Waals surface area contributed by atoms with Gasteiger partial charge in [0, 0.05) is 0 Å². The van der Waals surface area contributed by atoms with E-state index in [-0.39, 0.29) is 59.1 Å². The molecule has 8 heteroatoms. The molecule has 0 aromatic carbocycles. The van der Waals surface area contributed by atoms with Crippen LogP contribution in [0, 0.1) is 0 Å². The summed E-state index contributed by atoms with van der Waals surface area (Å²) in [5.41, 5.74) is 0. The van der Waals surface area contributed by atoms with E-state index in [9.17, 15) is 0 Å². The van der Waals surface area contributed by atoms with E-state index in [0.29, 0.717) is 0 Å². The molecular formula is C6H15NNa2O4P-. The Balaban J connectivity index is -0.0000000651. The van der Waals surface area contributed by atoms with Gasteiger partial charge in [0.25, 0.3) is 0 Å². The fraction of sp³-hybridized carbons (Fsp3) is 1.00. The maximum atomic E-state index is 8.55. The van der Waals surface area contributed by atoms with Crippen molar-refractivity contribution in [2.45, 2.75) is 20.8 Å². The van der Waals surface area contributed by atoms with Crippen LogP contribution >= 0.6 is 7.82 Å². The molecule has 0 saturated carbocycles. The molecule has 76 valence electrons. The zero-order valence-corrected chi connectivity index (χ0v) is 14.5. The first kappa shape index (κ1) is 25.1. The van der Waals surface area contributed by atoms with E-state index < -0.39 is 7.82 Å². The van der Waals surface area contributed by atoms with Crippen molar-refractivity contribution in [3.05, 3.63) is 0 Å². The van der Waals surface area contributed by atoms with Gasteiger partial charge in [0.05, 0.1) is 0 Å². The van der Waals surface area contributed by atoms with Crippen LogP contribution in [-0.2, 0) is 4.57 Å². The number of nitrogens with zero attached hydrogens (tertiary/aromatic N) is 1. The zero-order valence-electron chi connectivity index (χ0n) is 9.65. The Morgan fingerprint density at radius 2 is 1.07 bits per heavy atom. The molecule has 0 aliphatic carbocycles. The minimum Gasteiger partial charge on any atom is -0.822 e. The number of hydrogen-bond acceptors (Lipinski definition) is 5. The van der Waals surface area contributed by atoms with E-state index in [1.807, 2.05) is 0 Å². The molecule has 0 heterocycles. The van der Waals surface area contributed by atoms with Crippen LogP contribution < -0.4 is 73.8 Å². The van der Waals surface area contributed by atoms with Crippen LogP contribution in [0.4, 0.5) is 0 Å². The van der Waals surface area contributed by atoms with E-state index in [4.69, 9.17) is 19.2 Å². The van der Waals surface area contributed by atoms with Crippen LogP contribution in [0.25, 0.3) is 0 Å². The molecule has 0 rings (SSSR count). The van der Waals surface area contributed by atoms with E-state index in [1.54, 1.807) is 0 Å². The first-order valence-electron chi connectivity index (χ1n) is 3.80. The fourth-order valence-corrected chi connectivity index (χ4v) is 0.671. The van der Waals surface area contributed by atoms with E-state index in [1.165, 1.54) is 19.6 Å². The molecule has 0 spiro atoms. The third kappa shape index (κ3) is 36.9. The Hall–Kier alpha value is 2.07. The molecule has 0 bridgehead atoms. The molecule has 0 aliphatic heterocycles. The van der Waals surface area contributed by atoms with Crippen molar-refractivity contribution in [2.24, 2.45) is 0 Å². The van der Waals surface area contributed by atoms with E-state index in [2.05, 4.69) is 25.7 Å². The summed E-state index contributed by atoms with van der Waals surface area (Å²) in [7, 11) is -5.39. The molecule has 0 aromatic rings. The van der Waals surface area contributed by atoms with Crippen molar-refractivity contribution in [2.75, 3.05) is 19.6 Å². The summed E-state index contributed by atoms with van der Waals surface area (Å²) in [5, 5.41) is 0. The molecule has 0 atom stereocenters. The predicted octanol–water partition coefficient (Wildman–Crippen LogP) is -7.47. The molecule has 0 unspecified atom stereocenters. The molecule has 0 aromatic heterocycles. The summed E-state index contributed by atoms with van der Waals surface area (Å²) in [6, 6.07) is 0. The van der Waals surface area contributed by atoms with Crippen molar-refractivity contribution in [3.63, 3.8) is 0 Å². The molecule has 0 radical (unpaired) electrons.